The standard InChI is InChI=1S/C16H24N2O/c1-17-12-6-8-13(9-7-12)18(14-10-11-14)15-4-2-3-5-16(15)19/h2-5,12-14,17,19H,6-11H2,1H3/t12-,13-. The Labute approximate surface area is 115 Å². The van der Waals surface area contributed by atoms with Crippen molar-refractivity contribution in [1.29, 1.82) is 0 Å². The number of phenols is 1. The van der Waals surface area contributed by atoms with Crippen molar-refractivity contribution in [2.75, 3.05) is 11.9 Å². The van der Waals surface area contributed by atoms with Crippen LogP contribution in [0.4, 0.5) is 5.69 Å². The summed E-state index contributed by atoms with van der Waals surface area (Å²) in [6, 6.07) is 9.75. The highest BCUT2D eigenvalue weighted by Gasteiger charge is 2.36. The highest BCUT2D eigenvalue weighted by molar-refractivity contribution is 5.59. The first-order chi connectivity index (χ1) is 9.29. The van der Waals surface area contributed by atoms with E-state index in [2.05, 4.69) is 23.3 Å². The molecule has 104 valence electrons. The Kier molecular flexibility index (Phi) is 3.65. The van der Waals surface area contributed by atoms with Crippen LogP contribution in [0.15, 0.2) is 24.3 Å². The third kappa shape index (κ3) is 2.71. The summed E-state index contributed by atoms with van der Waals surface area (Å²) < 4.78 is 0. The Morgan fingerprint density at radius 1 is 1.00 bits per heavy atom. The van der Waals surface area contributed by atoms with Crippen LogP contribution in [0.1, 0.15) is 38.5 Å². The summed E-state index contributed by atoms with van der Waals surface area (Å²) in [5, 5.41) is 13.5. The number of hydrogen-bond acceptors (Lipinski definition) is 3. The van der Waals surface area contributed by atoms with E-state index in [4.69, 9.17) is 0 Å². The first-order valence-electron chi connectivity index (χ1n) is 7.53. The molecule has 0 bridgehead atoms. The monoisotopic (exact) mass is 260 g/mol. The predicted octanol–water partition coefficient (Wildman–Crippen LogP) is 2.89. The molecule has 0 radical (unpaired) electrons. The van der Waals surface area contributed by atoms with Crippen molar-refractivity contribution in [3.8, 4) is 5.75 Å². The lowest BCUT2D eigenvalue weighted by atomic mass is 9.89. The molecule has 2 N–H and O–H groups in total. The summed E-state index contributed by atoms with van der Waals surface area (Å²) in [5.74, 6) is 0.435. The lowest BCUT2D eigenvalue weighted by molar-refractivity contribution is 0.341. The van der Waals surface area contributed by atoms with Gasteiger partial charge in [0.05, 0.1) is 5.69 Å². The third-order valence-corrected chi connectivity index (χ3v) is 4.60. The second-order valence-corrected chi connectivity index (χ2v) is 5.92. The maximum Gasteiger partial charge on any atom is 0.138 e. The molecular weight excluding hydrogens is 236 g/mol. The van der Waals surface area contributed by atoms with Crippen molar-refractivity contribution >= 4 is 5.69 Å². The Balaban J connectivity index is 1.77. The minimum Gasteiger partial charge on any atom is -0.506 e. The van der Waals surface area contributed by atoms with Gasteiger partial charge in [-0.2, -0.15) is 0 Å². The molecule has 2 aliphatic rings. The molecule has 0 aromatic heterocycles. The molecule has 3 rings (SSSR count). The van der Waals surface area contributed by atoms with Crippen LogP contribution in [0.2, 0.25) is 0 Å². The lowest BCUT2D eigenvalue weighted by Crippen LogP contribution is -2.43. The third-order valence-electron chi connectivity index (χ3n) is 4.60. The first-order valence-corrected chi connectivity index (χ1v) is 7.53. The number of nitrogens with one attached hydrogen (secondary N) is 1. The molecule has 1 aromatic rings. The van der Waals surface area contributed by atoms with Crippen molar-refractivity contribution in [2.24, 2.45) is 0 Å². The van der Waals surface area contributed by atoms with E-state index in [0.29, 0.717) is 23.9 Å². The van der Waals surface area contributed by atoms with Crippen molar-refractivity contribution in [3.63, 3.8) is 0 Å². The van der Waals surface area contributed by atoms with E-state index >= 15 is 0 Å². The van der Waals surface area contributed by atoms with E-state index in [0.717, 1.165) is 5.69 Å². The van der Waals surface area contributed by atoms with E-state index in [-0.39, 0.29) is 0 Å². The highest BCUT2D eigenvalue weighted by Crippen LogP contribution is 2.40. The summed E-state index contributed by atoms with van der Waals surface area (Å²) in [6.07, 6.45) is 7.52. The molecule has 1 aromatic carbocycles. The number of phenolic OH excluding ortho intramolecular Hbond substituents is 1. The topological polar surface area (TPSA) is 35.5 Å². The second-order valence-electron chi connectivity index (χ2n) is 5.92. The molecule has 2 fully saturated rings. The van der Waals surface area contributed by atoms with Gasteiger partial charge in [-0.25, -0.2) is 0 Å². The largest absolute Gasteiger partial charge is 0.506 e. The Morgan fingerprint density at radius 3 is 2.11 bits per heavy atom. The normalized spacial score (nSPS) is 27.2. The molecule has 0 atom stereocenters. The van der Waals surface area contributed by atoms with Crippen LogP contribution < -0.4 is 10.2 Å². The van der Waals surface area contributed by atoms with Crippen molar-refractivity contribution in [2.45, 2.75) is 56.7 Å². The van der Waals surface area contributed by atoms with Gasteiger partial charge in [-0.15, -0.1) is 0 Å². The fourth-order valence-corrected chi connectivity index (χ4v) is 3.37. The zero-order valence-electron chi connectivity index (χ0n) is 11.7. The highest BCUT2D eigenvalue weighted by atomic mass is 16.3. The minimum atomic E-state index is 0.435. The average Bonchev–Trinajstić information content (AvgIpc) is 3.27. The van der Waals surface area contributed by atoms with Gasteiger partial charge in [0.1, 0.15) is 5.75 Å². The van der Waals surface area contributed by atoms with E-state index in [1.807, 2.05) is 18.2 Å². The number of aromatic hydroxyl groups is 1. The molecule has 3 nitrogen and oxygen atoms in total. The van der Waals surface area contributed by atoms with Crippen LogP contribution >= 0.6 is 0 Å². The van der Waals surface area contributed by atoms with E-state index < -0.39 is 0 Å². The molecule has 0 heterocycles. The van der Waals surface area contributed by atoms with Crippen LogP contribution in [-0.2, 0) is 0 Å². The average molecular weight is 260 g/mol. The molecule has 3 heteroatoms. The van der Waals surface area contributed by atoms with Gasteiger partial charge >= 0.3 is 0 Å². The number of benzene rings is 1. The summed E-state index contributed by atoms with van der Waals surface area (Å²) in [5.41, 5.74) is 1.04. The van der Waals surface area contributed by atoms with Crippen LogP contribution in [-0.4, -0.2) is 30.3 Å². The molecule has 19 heavy (non-hydrogen) atoms. The number of rotatable bonds is 4. The smallest absolute Gasteiger partial charge is 0.138 e. The number of para-hydroxylation sites is 2. The van der Waals surface area contributed by atoms with Crippen molar-refractivity contribution < 1.29 is 5.11 Å². The second kappa shape index (κ2) is 5.41. The van der Waals surface area contributed by atoms with Gasteiger partial charge in [0.25, 0.3) is 0 Å². The molecule has 0 unspecified atom stereocenters. The Hall–Kier alpha value is -1.22. The van der Waals surface area contributed by atoms with Gasteiger partial charge in [-0.05, 0) is 57.7 Å². The molecule has 0 amide bonds. The van der Waals surface area contributed by atoms with Gasteiger partial charge in [-0.1, -0.05) is 12.1 Å². The SMILES string of the molecule is CN[C@H]1CC[C@H](N(c2ccccc2O)C2CC2)CC1. The maximum absolute atomic E-state index is 10.1. The summed E-state index contributed by atoms with van der Waals surface area (Å²) in [4.78, 5) is 2.50. The summed E-state index contributed by atoms with van der Waals surface area (Å²) in [6.45, 7) is 0. The molecular formula is C16H24N2O. The number of nitrogens with zero attached hydrogens (tertiary/aromatic N) is 1. The first kappa shape index (κ1) is 12.8. The van der Waals surface area contributed by atoms with Crippen molar-refractivity contribution in [1.82, 2.24) is 5.32 Å². The van der Waals surface area contributed by atoms with Crippen LogP contribution in [0.3, 0.4) is 0 Å². The number of hydrogen-bond donors (Lipinski definition) is 2. The zero-order chi connectivity index (χ0) is 13.2. The fourth-order valence-electron chi connectivity index (χ4n) is 3.37. The maximum atomic E-state index is 10.1. The lowest BCUT2D eigenvalue weighted by Gasteiger charge is -2.39. The summed E-state index contributed by atoms with van der Waals surface area (Å²) >= 11 is 0. The van der Waals surface area contributed by atoms with E-state index in [1.165, 1.54) is 38.5 Å². The van der Waals surface area contributed by atoms with Gasteiger partial charge in [0.2, 0.25) is 0 Å². The van der Waals surface area contributed by atoms with Crippen LogP contribution in [0.5, 0.6) is 5.75 Å². The van der Waals surface area contributed by atoms with E-state index in [9.17, 15) is 5.11 Å². The van der Waals surface area contributed by atoms with Gasteiger partial charge < -0.3 is 15.3 Å². The minimum absolute atomic E-state index is 0.435. The molecule has 0 saturated heterocycles. The van der Waals surface area contributed by atoms with Crippen LogP contribution in [0.25, 0.3) is 0 Å². The number of anilines is 1. The summed E-state index contributed by atoms with van der Waals surface area (Å²) in [7, 11) is 2.06. The molecule has 2 saturated carbocycles. The van der Waals surface area contributed by atoms with Gasteiger partial charge in [-0.3, -0.25) is 0 Å². The zero-order valence-corrected chi connectivity index (χ0v) is 11.7. The molecule has 0 spiro atoms. The van der Waals surface area contributed by atoms with E-state index in [1.54, 1.807) is 0 Å². The van der Waals surface area contributed by atoms with Gasteiger partial charge in [0.15, 0.2) is 0 Å². The Morgan fingerprint density at radius 2 is 1.58 bits per heavy atom. The van der Waals surface area contributed by atoms with Crippen molar-refractivity contribution in [3.05, 3.63) is 24.3 Å². The van der Waals surface area contributed by atoms with Crippen LogP contribution in [0, 0.1) is 0 Å². The molecule has 2 aliphatic carbocycles. The molecule has 0 aliphatic heterocycles. The fraction of sp³-hybridized carbons (Fsp3) is 0.625. The quantitative estimate of drug-likeness (QED) is 0.874. The Bertz CT molecular complexity index is 423. The van der Waals surface area contributed by atoms with Gasteiger partial charge in [0, 0.05) is 18.1 Å². The predicted molar refractivity (Wildman–Crippen MR) is 78.7 cm³/mol.